The first kappa shape index (κ1) is 29.8. The van der Waals surface area contributed by atoms with Crippen LogP contribution in [0.3, 0.4) is 0 Å². The molecule has 5 rings (SSSR count). The third-order valence-corrected chi connectivity index (χ3v) is 8.98. The Labute approximate surface area is 244 Å². The van der Waals surface area contributed by atoms with Gasteiger partial charge in [0.1, 0.15) is 17.1 Å². The molecule has 1 saturated heterocycles. The second kappa shape index (κ2) is 12.3. The molecule has 224 valence electrons. The Hall–Kier alpha value is -3.65. The maximum Gasteiger partial charge on any atom is 0.277 e. The van der Waals surface area contributed by atoms with Gasteiger partial charge in [0.15, 0.2) is 5.52 Å². The molecule has 2 atom stereocenters. The van der Waals surface area contributed by atoms with Gasteiger partial charge in [0.25, 0.3) is 5.56 Å². The molecule has 2 unspecified atom stereocenters. The SMILES string of the molecule is CCCc1nn(C)c2c(=O)[nH]c(-c3cc(S(=O)(=O)NC(C)(Cc4cccnc4)C4CNCCO4)ccc3OCC)nc12. The van der Waals surface area contributed by atoms with Crippen molar-refractivity contribution >= 4 is 21.1 Å². The van der Waals surface area contributed by atoms with Crippen LogP contribution >= 0.6 is 0 Å². The summed E-state index contributed by atoms with van der Waals surface area (Å²) in [6.45, 7) is 7.70. The summed E-state index contributed by atoms with van der Waals surface area (Å²) < 4.78 is 44.3. The molecule has 1 aromatic carbocycles. The molecular formula is C29H37N7O5S. The molecule has 3 N–H and O–H groups in total. The maximum absolute atomic E-state index is 14.0. The smallest absolute Gasteiger partial charge is 0.277 e. The molecule has 0 aliphatic carbocycles. The average molecular weight is 596 g/mol. The summed E-state index contributed by atoms with van der Waals surface area (Å²) in [6, 6.07) is 8.29. The highest BCUT2D eigenvalue weighted by molar-refractivity contribution is 7.89. The molecule has 4 heterocycles. The van der Waals surface area contributed by atoms with Gasteiger partial charge in [-0.25, -0.2) is 18.1 Å². The number of fused-ring (bicyclic) bond motifs is 1. The fourth-order valence-electron chi connectivity index (χ4n) is 5.41. The van der Waals surface area contributed by atoms with E-state index in [0.717, 1.165) is 12.0 Å². The Kier molecular flexibility index (Phi) is 8.73. The minimum Gasteiger partial charge on any atom is -0.493 e. The van der Waals surface area contributed by atoms with E-state index in [1.165, 1.54) is 16.8 Å². The van der Waals surface area contributed by atoms with Crippen molar-refractivity contribution in [1.82, 2.24) is 34.8 Å². The number of hydrogen-bond donors (Lipinski definition) is 3. The minimum atomic E-state index is -4.08. The normalized spacial score (nSPS) is 17.3. The number of benzene rings is 1. The molecule has 1 aliphatic rings. The van der Waals surface area contributed by atoms with E-state index < -0.39 is 21.7 Å². The quantitative estimate of drug-likeness (QED) is 0.237. The summed E-state index contributed by atoms with van der Waals surface area (Å²) in [5.74, 6) is 0.606. The van der Waals surface area contributed by atoms with Crippen LogP contribution in [0.2, 0.25) is 0 Å². The Morgan fingerprint density at radius 2 is 2.10 bits per heavy atom. The number of rotatable bonds is 11. The summed E-state index contributed by atoms with van der Waals surface area (Å²) in [4.78, 5) is 24.9. The molecule has 0 spiro atoms. The number of morpholine rings is 1. The summed E-state index contributed by atoms with van der Waals surface area (Å²) in [5.41, 5.74) is 1.42. The van der Waals surface area contributed by atoms with E-state index >= 15 is 0 Å². The lowest BCUT2D eigenvalue weighted by molar-refractivity contribution is -0.0213. The highest BCUT2D eigenvalue weighted by Gasteiger charge is 2.40. The van der Waals surface area contributed by atoms with Crippen LogP contribution in [0.4, 0.5) is 0 Å². The molecule has 0 saturated carbocycles. The van der Waals surface area contributed by atoms with E-state index in [-0.39, 0.29) is 16.3 Å². The Bertz CT molecular complexity index is 1720. The third-order valence-electron chi connectivity index (χ3n) is 7.37. The van der Waals surface area contributed by atoms with Gasteiger partial charge in [-0.2, -0.15) is 5.10 Å². The van der Waals surface area contributed by atoms with E-state index in [9.17, 15) is 13.2 Å². The zero-order chi connectivity index (χ0) is 29.9. The lowest BCUT2D eigenvalue weighted by Gasteiger charge is -2.40. The first-order valence-electron chi connectivity index (χ1n) is 14.1. The summed E-state index contributed by atoms with van der Waals surface area (Å²) in [5, 5.41) is 7.78. The monoisotopic (exact) mass is 595 g/mol. The van der Waals surface area contributed by atoms with E-state index in [1.807, 2.05) is 32.9 Å². The average Bonchev–Trinajstić information content (AvgIpc) is 3.29. The van der Waals surface area contributed by atoms with Gasteiger partial charge in [0.05, 0.1) is 41.0 Å². The summed E-state index contributed by atoms with van der Waals surface area (Å²) >= 11 is 0. The molecule has 4 aromatic rings. The Balaban J connectivity index is 1.58. The molecule has 1 aliphatic heterocycles. The number of sulfonamides is 1. The Morgan fingerprint density at radius 3 is 2.79 bits per heavy atom. The zero-order valence-corrected chi connectivity index (χ0v) is 25.1. The fourth-order valence-corrected chi connectivity index (χ4v) is 6.86. The van der Waals surface area contributed by atoms with Crippen molar-refractivity contribution in [3.63, 3.8) is 0 Å². The van der Waals surface area contributed by atoms with Crippen molar-refractivity contribution in [3.8, 4) is 17.1 Å². The molecule has 3 aromatic heterocycles. The summed E-state index contributed by atoms with van der Waals surface area (Å²) in [7, 11) is -2.38. The van der Waals surface area contributed by atoms with Crippen LogP contribution in [0.5, 0.6) is 5.75 Å². The topological polar surface area (TPSA) is 153 Å². The predicted octanol–water partition coefficient (Wildman–Crippen LogP) is 2.34. The van der Waals surface area contributed by atoms with E-state index in [4.69, 9.17) is 14.5 Å². The van der Waals surface area contributed by atoms with Gasteiger partial charge < -0.3 is 19.8 Å². The summed E-state index contributed by atoms with van der Waals surface area (Å²) in [6.07, 6.45) is 4.82. The van der Waals surface area contributed by atoms with Crippen molar-refractivity contribution in [2.75, 3.05) is 26.3 Å². The second-order valence-electron chi connectivity index (χ2n) is 10.6. The lowest BCUT2D eigenvalue weighted by atomic mass is 9.88. The van der Waals surface area contributed by atoms with Crippen molar-refractivity contribution in [2.45, 2.75) is 56.6 Å². The van der Waals surface area contributed by atoms with Gasteiger partial charge in [-0.1, -0.05) is 19.4 Å². The number of aromatic amines is 1. The van der Waals surface area contributed by atoms with Gasteiger partial charge in [-0.05, 0) is 56.5 Å². The standard InChI is InChI=1S/C29H37N7O5S/c1-5-8-22-25-26(36(4)34-22)28(37)33-27(32-25)21-15-20(10-11-23(21)40-6-2)42(38,39)35-29(3,24-18-31-13-14-41-24)16-19-9-7-12-30-17-19/h7,9-12,15,17,24,31,35H,5-6,8,13-14,16,18H2,1-4H3,(H,32,33,37). The molecule has 13 heteroatoms. The second-order valence-corrected chi connectivity index (χ2v) is 12.3. The molecule has 1 fully saturated rings. The fraction of sp³-hybridized carbons (Fsp3) is 0.448. The van der Waals surface area contributed by atoms with Crippen LogP contribution in [0.25, 0.3) is 22.4 Å². The third kappa shape index (κ3) is 6.09. The minimum absolute atomic E-state index is 0.00449. The molecule has 42 heavy (non-hydrogen) atoms. The van der Waals surface area contributed by atoms with Crippen LogP contribution in [0, 0.1) is 0 Å². The lowest BCUT2D eigenvalue weighted by Crippen LogP contribution is -2.61. The van der Waals surface area contributed by atoms with Crippen molar-refractivity contribution in [3.05, 3.63) is 64.3 Å². The predicted molar refractivity (Wildman–Crippen MR) is 159 cm³/mol. The van der Waals surface area contributed by atoms with E-state index in [1.54, 1.807) is 25.5 Å². The highest BCUT2D eigenvalue weighted by atomic mass is 32.2. The molecule has 0 radical (unpaired) electrons. The Morgan fingerprint density at radius 1 is 1.26 bits per heavy atom. The molecule has 12 nitrogen and oxygen atoms in total. The van der Waals surface area contributed by atoms with Crippen LogP contribution in [-0.4, -0.2) is 71.1 Å². The van der Waals surface area contributed by atoms with Crippen LogP contribution in [-0.2, 0) is 34.6 Å². The van der Waals surface area contributed by atoms with Gasteiger partial charge in [-0.15, -0.1) is 0 Å². The highest BCUT2D eigenvalue weighted by Crippen LogP contribution is 2.32. The van der Waals surface area contributed by atoms with E-state index in [2.05, 4.69) is 25.1 Å². The number of aromatic nitrogens is 5. The van der Waals surface area contributed by atoms with Gasteiger partial charge >= 0.3 is 0 Å². The molecular weight excluding hydrogens is 558 g/mol. The van der Waals surface area contributed by atoms with Crippen LogP contribution < -0.4 is 20.3 Å². The zero-order valence-electron chi connectivity index (χ0n) is 24.3. The van der Waals surface area contributed by atoms with Crippen molar-refractivity contribution < 1.29 is 17.9 Å². The van der Waals surface area contributed by atoms with E-state index in [0.29, 0.717) is 67.2 Å². The number of pyridine rings is 1. The van der Waals surface area contributed by atoms with Crippen molar-refractivity contribution in [1.29, 1.82) is 0 Å². The van der Waals surface area contributed by atoms with Gasteiger partial charge in [0.2, 0.25) is 10.0 Å². The first-order chi connectivity index (χ1) is 20.1. The number of hydrogen-bond acceptors (Lipinski definition) is 9. The molecule has 0 bridgehead atoms. The van der Waals surface area contributed by atoms with Gasteiger partial charge in [-0.3, -0.25) is 14.5 Å². The van der Waals surface area contributed by atoms with Crippen LogP contribution in [0.15, 0.2) is 52.4 Å². The number of aryl methyl sites for hydroxylation is 2. The number of ether oxygens (including phenoxy) is 2. The number of H-pyrrole nitrogens is 1. The van der Waals surface area contributed by atoms with Crippen molar-refractivity contribution in [2.24, 2.45) is 7.05 Å². The first-order valence-corrected chi connectivity index (χ1v) is 15.6. The maximum atomic E-state index is 14.0. The molecule has 0 amide bonds. The van der Waals surface area contributed by atoms with Crippen LogP contribution in [0.1, 0.15) is 38.4 Å². The number of nitrogens with one attached hydrogen (secondary N) is 3. The largest absolute Gasteiger partial charge is 0.493 e. The number of nitrogens with zero attached hydrogens (tertiary/aromatic N) is 4. The van der Waals surface area contributed by atoms with Gasteiger partial charge in [0, 0.05) is 32.5 Å².